The molecule has 0 aromatic heterocycles. The van der Waals surface area contributed by atoms with Crippen molar-refractivity contribution in [2.45, 2.75) is 27.2 Å². The van der Waals surface area contributed by atoms with Gasteiger partial charge in [0.1, 0.15) is 0 Å². The van der Waals surface area contributed by atoms with E-state index < -0.39 is 0 Å². The van der Waals surface area contributed by atoms with Crippen LogP contribution in [-0.4, -0.2) is 32.2 Å². The van der Waals surface area contributed by atoms with Crippen LogP contribution in [0.2, 0.25) is 0 Å². The van der Waals surface area contributed by atoms with Gasteiger partial charge in [-0.05, 0) is 24.5 Å². The molecule has 0 saturated carbocycles. The van der Waals surface area contributed by atoms with Gasteiger partial charge in [0.15, 0.2) is 0 Å². The van der Waals surface area contributed by atoms with E-state index in [4.69, 9.17) is 4.74 Å². The van der Waals surface area contributed by atoms with Crippen LogP contribution in [0.3, 0.4) is 0 Å². The topological polar surface area (TPSA) is 50.4 Å². The molecule has 1 aromatic carbocycles. The lowest BCUT2D eigenvalue weighted by molar-refractivity contribution is 0.0887. The SMILES string of the molecule is CCCNc1ccccc1C(=O)NCCOCC(C)C. The molecule has 0 fully saturated rings. The Morgan fingerprint density at radius 3 is 2.70 bits per heavy atom. The number of para-hydroxylation sites is 1. The summed E-state index contributed by atoms with van der Waals surface area (Å²) in [6, 6.07) is 7.57. The van der Waals surface area contributed by atoms with E-state index in [9.17, 15) is 4.79 Å². The second-order valence-electron chi connectivity index (χ2n) is 5.20. The van der Waals surface area contributed by atoms with Gasteiger partial charge in [-0.3, -0.25) is 4.79 Å². The first-order valence-electron chi connectivity index (χ1n) is 7.34. The monoisotopic (exact) mass is 278 g/mol. The summed E-state index contributed by atoms with van der Waals surface area (Å²) in [5, 5.41) is 6.15. The van der Waals surface area contributed by atoms with Gasteiger partial charge in [0.25, 0.3) is 5.91 Å². The Labute approximate surface area is 121 Å². The van der Waals surface area contributed by atoms with Crippen molar-refractivity contribution in [2.24, 2.45) is 5.92 Å². The molecule has 1 rings (SSSR count). The van der Waals surface area contributed by atoms with Crippen LogP contribution in [0.4, 0.5) is 5.69 Å². The first-order valence-corrected chi connectivity index (χ1v) is 7.34. The minimum absolute atomic E-state index is 0.0580. The number of carbonyl (C=O) groups is 1. The van der Waals surface area contributed by atoms with E-state index in [1.165, 1.54) is 0 Å². The van der Waals surface area contributed by atoms with Crippen molar-refractivity contribution in [3.05, 3.63) is 29.8 Å². The van der Waals surface area contributed by atoms with Gasteiger partial charge in [0.05, 0.1) is 12.2 Å². The quantitative estimate of drug-likeness (QED) is 0.683. The molecule has 0 aliphatic carbocycles. The highest BCUT2D eigenvalue weighted by Gasteiger charge is 2.09. The summed E-state index contributed by atoms with van der Waals surface area (Å²) in [7, 11) is 0. The van der Waals surface area contributed by atoms with Gasteiger partial charge in [-0.1, -0.05) is 32.9 Å². The molecular formula is C16H26N2O2. The van der Waals surface area contributed by atoms with Crippen molar-refractivity contribution in [3.8, 4) is 0 Å². The lowest BCUT2D eigenvalue weighted by atomic mass is 10.1. The van der Waals surface area contributed by atoms with Crippen molar-refractivity contribution in [3.63, 3.8) is 0 Å². The first-order chi connectivity index (χ1) is 9.65. The molecule has 0 radical (unpaired) electrons. The van der Waals surface area contributed by atoms with Crippen molar-refractivity contribution in [1.82, 2.24) is 5.32 Å². The molecule has 112 valence electrons. The lowest BCUT2D eigenvalue weighted by Crippen LogP contribution is -2.28. The maximum Gasteiger partial charge on any atom is 0.253 e. The molecule has 1 amide bonds. The molecule has 20 heavy (non-hydrogen) atoms. The van der Waals surface area contributed by atoms with Gasteiger partial charge in [-0.25, -0.2) is 0 Å². The van der Waals surface area contributed by atoms with Crippen LogP contribution in [0.5, 0.6) is 0 Å². The third kappa shape index (κ3) is 6.06. The Bertz CT molecular complexity index is 405. The third-order valence-electron chi connectivity index (χ3n) is 2.72. The predicted molar refractivity (Wildman–Crippen MR) is 83.2 cm³/mol. The van der Waals surface area contributed by atoms with Crippen LogP contribution in [-0.2, 0) is 4.74 Å². The number of nitrogens with one attached hydrogen (secondary N) is 2. The van der Waals surface area contributed by atoms with Gasteiger partial charge in [0, 0.05) is 25.4 Å². The average molecular weight is 278 g/mol. The summed E-state index contributed by atoms with van der Waals surface area (Å²) in [5.41, 5.74) is 1.57. The van der Waals surface area contributed by atoms with Gasteiger partial charge in [-0.2, -0.15) is 0 Å². The minimum Gasteiger partial charge on any atom is -0.384 e. The van der Waals surface area contributed by atoms with E-state index in [1.807, 2.05) is 24.3 Å². The Morgan fingerprint density at radius 1 is 1.25 bits per heavy atom. The number of anilines is 1. The molecule has 0 unspecified atom stereocenters. The van der Waals surface area contributed by atoms with Crippen LogP contribution in [0, 0.1) is 5.92 Å². The highest BCUT2D eigenvalue weighted by molar-refractivity contribution is 5.99. The highest BCUT2D eigenvalue weighted by Crippen LogP contribution is 2.14. The van der Waals surface area contributed by atoms with Crippen LogP contribution in [0.25, 0.3) is 0 Å². The molecule has 0 saturated heterocycles. The fraction of sp³-hybridized carbons (Fsp3) is 0.562. The summed E-state index contributed by atoms with van der Waals surface area (Å²) in [4.78, 5) is 12.1. The summed E-state index contributed by atoms with van der Waals surface area (Å²) in [5.74, 6) is 0.460. The molecule has 0 heterocycles. The molecule has 4 nitrogen and oxygen atoms in total. The average Bonchev–Trinajstić information content (AvgIpc) is 2.44. The normalized spacial score (nSPS) is 10.6. The van der Waals surface area contributed by atoms with E-state index in [0.29, 0.717) is 24.6 Å². The van der Waals surface area contributed by atoms with E-state index in [0.717, 1.165) is 25.3 Å². The fourth-order valence-corrected chi connectivity index (χ4v) is 1.75. The molecule has 0 bridgehead atoms. The number of carbonyl (C=O) groups excluding carboxylic acids is 1. The number of hydrogen-bond acceptors (Lipinski definition) is 3. The molecule has 0 aliphatic rings. The van der Waals surface area contributed by atoms with Crippen LogP contribution >= 0.6 is 0 Å². The third-order valence-corrected chi connectivity index (χ3v) is 2.72. The van der Waals surface area contributed by atoms with Crippen LogP contribution in [0.1, 0.15) is 37.6 Å². The number of rotatable bonds is 9. The van der Waals surface area contributed by atoms with Crippen LogP contribution < -0.4 is 10.6 Å². The smallest absolute Gasteiger partial charge is 0.253 e. The standard InChI is InChI=1S/C16H26N2O2/c1-4-9-17-15-8-6-5-7-14(15)16(19)18-10-11-20-12-13(2)3/h5-8,13,17H,4,9-12H2,1-3H3,(H,18,19). The zero-order valence-corrected chi connectivity index (χ0v) is 12.7. The largest absolute Gasteiger partial charge is 0.384 e. The molecule has 0 spiro atoms. The fourth-order valence-electron chi connectivity index (χ4n) is 1.75. The summed E-state index contributed by atoms with van der Waals surface area (Å²) in [6.45, 7) is 8.98. The van der Waals surface area contributed by atoms with Gasteiger partial charge in [-0.15, -0.1) is 0 Å². The number of ether oxygens (including phenoxy) is 1. The molecule has 0 atom stereocenters. The molecule has 0 aliphatic heterocycles. The highest BCUT2D eigenvalue weighted by atomic mass is 16.5. The molecule has 2 N–H and O–H groups in total. The van der Waals surface area contributed by atoms with Gasteiger partial charge in [0.2, 0.25) is 0 Å². The summed E-state index contributed by atoms with van der Waals surface area (Å²) in [6.07, 6.45) is 1.03. The Morgan fingerprint density at radius 2 is 2.00 bits per heavy atom. The molecule has 1 aromatic rings. The van der Waals surface area contributed by atoms with E-state index in [1.54, 1.807) is 0 Å². The Kier molecular flexibility index (Phi) is 7.73. The van der Waals surface area contributed by atoms with Gasteiger partial charge < -0.3 is 15.4 Å². The first kappa shape index (κ1) is 16.5. The number of amides is 1. The van der Waals surface area contributed by atoms with Crippen LogP contribution in [0.15, 0.2) is 24.3 Å². The number of hydrogen-bond donors (Lipinski definition) is 2. The van der Waals surface area contributed by atoms with Crippen molar-refractivity contribution in [2.75, 3.05) is 31.6 Å². The second-order valence-corrected chi connectivity index (χ2v) is 5.20. The minimum atomic E-state index is -0.0580. The number of benzene rings is 1. The molecule has 4 heteroatoms. The predicted octanol–water partition coefficient (Wildman–Crippen LogP) is 2.91. The Balaban J connectivity index is 2.42. The van der Waals surface area contributed by atoms with Crippen molar-refractivity contribution in [1.29, 1.82) is 0 Å². The molecular weight excluding hydrogens is 252 g/mol. The zero-order valence-electron chi connectivity index (χ0n) is 12.7. The van der Waals surface area contributed by atoms with Crippen molar-refractivity contribution < 1.29 is 9.53 Å². The Hall–Kier alpha value is -1.55. The second kappa shape index (κ2) is 9.37. The maximum absolute atomic E-state index is 12.1. The van der Waals surface area contributed by atoms with E-state index in [-0.39, 0.29) is 5.91 Å². The summed E-state index contributed by atoms with van der Waals surface area (Å²) < 4.78 is 5.45. The maximum atomic E-state index is 12.1. The van der Waals surface area contributed by atoms with Gasteiger partial charge >= 0.3 is 0 Å². The zero-order chi connectivity index (χ0) is 14.8. The van der Waals surface area contributed by atoms with Crippen molar-refractivity contribution >= 4 is 11.6 Å². The van der Waals surface area contributed by atoms with E-state index in [2.05, 4.69) is 31.4 Å². The lowest BCUT2D eigenvalue weighted by Gasteiger charge is -2.12. The van der Waals surface area contributed by atoms with E-state index >= 15 is 0 Å². The summed E-state index contributed by atoms with van der Waals surface area (Å²) >= 11 is 0.